The fourth-order valence-electron chi connectivity index (χ4n) is 2.32. The lowest BCUT2D eigenvalue weighted by atomic mass is 10.1. The SMILES string of the molecule is O=C(CNC[C@H]1CCOC1)N[C@@H]1CCS(=O)(=O)C1. The van der Waals surface area contributed by atoms with Gasteiger partial charge in [-0.2, -0.15) is 0 Å². The number of carbonyl (C=O) groups is 1. The van der Waals surface area contributed by atoms with E-state index in [4.69, 9.17) is 4.74 Å². The van der Waals surface area contributed by atoms with Crippen LogP contribution in [0.2, 0.25) is 0 Å². The zero-order valence-corrected chi connectivity index (χ0v) is 11.2. The van der Waals surface area contributed by atoms with Crippen molar-refractivity contribution in [2.24, 2.45) is 5.92 Å². The van der Waals surface area contributed by atoms with Gasteiger partial charge in [-0.05, 0) is 18.8 Å². The zero-order chi connectivity index (χ0) is 13.0. The van der Waals surface area contributed by atoms with E-state index in [2.05, 4.69) is 10.6 Å². The van der Waals surface area contributed by atoms with Crippen LogP contribution in [0.15, 0.2) is 0 Å². The van der Waals surface area contributed by atoms with Crippen LogP contribution < -0.4 is 10.6 Å². The topological polar surface area (TPSA) is 84.5 Å². The van der Waals surface area contributed by atoms with Gasteiger partial charge in [-0.15, -0.1) is 0 Å². The Morgan fingerprint density at radius 2 is 2.17 bits per heavy atom. The smallest absolute Gasteiger partial charge is 0.234 e. The zero-order valence-electron chi connectivity index (χ0n) is 10.4. The molecule has 0 aromatic rings. The molecule has 0 aliphatic carbocycles. The lowest BCUT2D eigenvalue weighted by Crippen LogP contribution is -2.42. The van der Waals surface area contributed by atoms with Gasteiger partial charge < -0.3 is 15.4 Å². The molecule has 0 spiro atoms. The van der Waals surface area contributed by atoms with E-state index in [1.807, 2.05) is 0 Å². The van der Waals surface area contributed by atoms with Crippen molar-refractivity contribution in [1.29, 1.82) is 0 Å². The van der Waals surface area contributed by atoms with Crippen LogP contribution in [-0.4, -0.2) is 58.2 Å². The highest BCUT2D eigenvalue weighted by Gasteiger charge is 2.28. The molecule has 2 fully saturated rings. The van der Waals surface area contributed by atoms with Gasteiger partial charge in [0.1, 0.15) is 0 Å². The Hall–Kier alpha value is -0.660. The Morgan fingerprint density at radius 3 is 2.78 bits per heavy atom. The molecule has 1 amide bonds. The maximum Gasteiger partial charge on any atom is 0.234 e. The van der Waals surface area contributed by atoms with E-state index >= 15 is 0 Å². The summed E-state index contributed by atoms with van der Waals surface area (Å²) in [7, 11) is -2.93. The lowest BCUT2D eigenvalue weighted by molar-refractivity contribution is -0.120. The maximum absolute atomic E-state index is 11.6. The summed E-state index contributed by atoms with van der Waals surface area (Å²) in [6.45, 7) is 2.58. The molecule has 2 atom stereocenters. The number of nitrogens with one attached hydrogen (secondary N) is 2. The first-order valence-corrected chi connectivity index (χ1v) is 8.15. The quantitative estimate of drug-likeness (QED) is 0.667. The summed E-state index contributed by atoms with van der Waals surface area (Å²) in [5, 5.41) is 5.83. The van der Waals surface area contributed by atoms with E-state index < -0.39 is 9.84 Å². The Bertz CT molecular complexity index is 390. The number of hydrogen-bond acceptors (Lipinski definition) is 5. The van der Waals surface area contributed by atoms with Crippen molar-refractivity contribution in [3.63, 3.8) is 0 Å². The molecule has 0 unspecified atom stereocenters. The van der Waals surface area contributed by atoms with Crippen molar-refractivity contribution in [1.82, 2.24) is 10.6 Å². The summed E-state index contributed by atoms with van der Waals surface area (Å²) < 4.78 is 27.7. The first-order valence-electron chi connectivity index (χ1n) is 6.33. The van der Waals surface area contributed by atoms with E-state index in [1.54, 1.807) is 0 Å². The molecule has 2 heterocycles. The van der Waals surface area contributed by atoms with E-state index in [0.29, 0.717) is 12.3 Å². The maximum atomic E-state index is 11.6. The largest absolute Gasteiger partial charge is 0.381 e. The molecule has 0 aromatic carbocycles. The summed E-state index contributed by atoms with van der Waals surface area (Å²) in [5.41, 5.74) is 0. The van der Waals surface area contributed by atoms with Crippen LogP contribution in [0.1, 0.15) is 12.8 Å². The van der Waals surface area contributed by atoms with Gasteiger partial charge in [-0.25, -0.2) is 8.42 Å². The fraction of sp³-hybridized carbons (Fsp3) is 0.909. The molecule has 2 saturated heterocycles. The normalized spacial score (nSPS) is 30.4. The molecule has 2 aliphatic rings. The van der Waals surface area contributed by atoms with Gasteiger partial charge in [0.2, 0.25) is 5.91 Å². The first-order chi connectivity index (χ1) is 8.55. The lowest BCUT2D eigenvalue weighted by Gasteiger charge is -2.12. The summed E-state index contributed by atoms with van der Waals surface area (Å²) in [6, 6.07) is -0.209. The molecule has 104 valence electrons. The van der Waals surface area contributed by atoms with Gasteiger partial charge in [0, 0.05) is 19.2 Å². The van der Waals surface area contributed by atoms with Gasteiger partial charge >= 0.3 is 0 Å². The van der Waals surface area contributed by atoms with Crippen LogP contribution in [0, 0.1) is 5.92 Å². The summed E-state index contributed by atoms with van der Waals surface area (Å²) >= 11 is 0. The molecular formula is C11H20N2O4S. The van der Waals surface area contributed by atoms with Crippen LogP contribution in [-0.2, 0) is 19.4 Å². The molecule has 0 radical (unpaired) electrons. The monoisotopic (exact) mass is 276 g/mol. The molecule has 7 heteroatoms. The van der Waals surface area contributed by atoms with E-state index in [-0.39, 0.29) is 30.0 Å². The standard InChI is InChI=1S/C11H20N2O4S/c14-11(6-12-5-9-1-3-17-7-9)13-10-2-4-18(15,16)8-10/h9-10,12H,1-8H2,(H,13,14)/t9-,10-/m1/s1. The minimum Gasteiger partial charge on any atom is -0.381 e. The van der Waals surface area contributed by atoms with Gasteiger partial charge in [0.05, 0.1) is 24.7 Å². The number of carbonyl (C=O) groups excluding carboxylic acids is 1. The molecule has 2 rings (SSSR count). The average molecular weight is 276 g/mol. The third-order valence-electron chi connectivity index (χ3n) is 3.34. The minimum absolute atomic E-state index is 0.0786. The number of hydrogen-bond donors (Lipinski definition) is 2. The highest BCUT2D eigenvalue weighted by Crippen LogP contribution is 2.11. The molecule has 6 nitrogen and oxygen atoms in total. The van der Waals surface area contributed by atoms with Crippen molar-refractivity contribution in [2.45, 2.75) is 18.9 Å². The van der Waals surface area contributed by atoms with Crippen LogP contribution in [0.4, 0.5) is 0 Å². The van der Waals surface area contributed by atoms with Gasteiger partial charge in [0.25, 0.3) is 0 Å². The second-order valence-electron chi connectivity index (χ2n) is 5.03. The van der Waals surface area contributed by atoms with Crippen molar-refractivity contribution in [2.75, 3.05) is 37.8 Å². The molecule has 18 heavy (non-hydrogen) atoms. The van der Waals surface area contributed by atoms with E-state index in [0.717, 1.165) is 26.2 Å². The summed E-state index contributed by atoms with van der Waals surface area (Å²) in [6.07, 6.45) is 1.57. The third-order valence-corrected chi connectivity index (χ3v) is 5.11. The van der Waals surface area contributed by atoms with Crippen molar-refractivity contribution in [3.05, 3.63) is 0 Å². The van der Waals surface area contributed by atoms with Crippen LogP contribution >= 0.6 is 0 Å². The number of rotatable bonds is 5. The molecule has 0 bridgehead atoms. The Kier molecular flexibility index (Phi) is 4.58. The van der Waals surface area contributed by atoms with Gasteiger partial charge in [-0.1, -0.05) is 0 Å². The van der Waals surface area contributed by atoms with Crippen LogP contribution in [0.5, 0.6) is 0 Å². The van der Waals surface area contributed by atoms with Crippen molar-refractivity contribution >= 4 is 15.7 Å². The molecular weight excluding hydrogens is 256 g/mol. The first kappa shape index (κ1) is 13.8. The number of sulfone groups is 1. The second kappa shape index (κ2) is 5.99. The highest BCUT2D eigenvalue weighted by molar-refractivity contribution is 7.91. The van der Waals surface area contributed by atoms with Crippen molar-refractivity contribution < 1.29 is 17.9 Å². The van der Waals surface area contributed by atoms with Crippen LogP contribution in [0.25, 0.3) is 0 Å². The van der Waals surface area contributed by atoms with Crippen molar-refractivity contribution in [3.8, 4) is 0 Å². The molecule has 0 aromatic heterocycles. The Morgan fingerprint density at radius 1 is 1.33 bits per heavy atom. The third kappa shape index (κ3) is 4.22. The van der Waals surface area contributed by atoms with Gasteiger partial charge in [0.15, 0.2) is 9.84 Å². The second-order valence-corrected chi connectivity index (χ2v) is 7.26. The Balaban J connectivity index is 1.60. The van der Waals surface area contributed by atoms with E-state index in [9.17, 15) is 13.2 Å². The predicted octanol–water partition coefficient (Wildman–Crippen LogP) is -1.08. The van der Waals surface area contributed by atoms with E-state index in [1.165, 1.54) is 0 Å². The Labute approximate surface area is 107 Å². The van der Waals surface area contributed by atoms with Gasteiger partial charge in [-0.3, -0.25) is 4.79 Å². The summed E-state index contributed by atoms with van der Waals surface area (Å²) in [5.74, 6) is 0.626. The molecule has 0 saturated carbocycles. The average Bonchev–Trinajstić information content (AvgIpc) is 2.88. The predicted molar refractivity (Wildman–Crippen MR) is 67.0 cm³/mol. The minimum atomic E-state index is -2.93. The number of amides is 1. The number of ether oxygens (including phenoxy) is 1. The highest BCUT2D eigenvalue weighted by atomic mass is 32.2. The fourth-order valence-corrected chi connectivity index (χ4v) is 4.00. The molecule has 2 aliphatic heterocycles. The van der Waals surface area contributed by atoms with Crippen LogP contribution in [0.3, 0.4) is 0 Å². The molecule has 2 N–H and O–H groups in total. The summed E-state index contributed by atoms with van der Waals surface area (Å²) in [4.78, 5) is 11.6.